The molecule has 0 aromatic rings. The van der Waals surface area contributed by atoms with Gasteiger partial charge in [-0.2, -0.15) is 0 Å². The molecule has 1 aliphatic heterocycles. The van der Waals surface area contributed by atoms with E-state index in [9.17, 15) is 0 Å². The van der Waals surface area contributed by atoms with Crippen LogP contribution in [0, 0.1) is 11.3 Å². The van der Waals surface area contributed by atoms with Gasteiger partial charge < -0.3 is 4.90 Å². The Morgan fingerprint density at radius 2 is 2.43 bits per heavy atom. The monoisotopic (exact) mass is 206 g/mol. The van der Waals surface area contributed by atoms with Gasteiger partial charge in [0, 0.05) is 10.6 Å². The molecule has 0 radical (unpaired) electrons. The molecule has 2 nitrogen and oxygen atoms in total. The lowest BCUT2D eigenvalue weighted by Crippen LogP contribution is -2.24. The Morgan fingerprint density at radius 3 is 3.00 bits per heavy atom. The molecule has 0 saturated carbocycles. The van der Waals surface area contributed by atoms with Gasteiger partial charge in [0.2, 0.25) is 0 Å². The summed E-state index contributed by atoms with van der Waals surface area (Å²) in [5.74, 6) is 0.585. The van der Waals surface area contributed by atoms with Crippen LogP contribution >= 0.6 is 11.8 Å². The van der Waals surface area contributed by atoms with Gasteiger partial charge in [-0.3, -0.25) is 5.41 Å². The quantitative estimate of drug-likeness (QED) is 0.714. The van der Waals surface area contributed by atoms with Crippen LogP contribution in [0.5, 0.6) is 0 Å². The van der Waals surface area contributed by atoms with Gasteiger partial charge in [-0.25, -0.2) is 0 Å². The van der Waals surface area contributed by atoms with E-state index in [2.05, 4.69) is 31.7 Å². The standard InChI is InChI=1S/C11H14N2S/c1-8-4-3-5-10(6-8)13-7-9(2)14-11(13)12/h3-5,8,12H,2,6-7H2,1H3. The third-order valence-corrected chi connectivity index (χ3v) is 3.26. The highest BCUT2D eigenvalue weighted by molar-refractivity contribution is 8.17. The fourth-order valence-corrected chi connectivity index (χ4v) is 2.49. The summed E-state index contributed by atoms with van der Waals surface area (Å²) in [6.07, 6.45) is 7.42. The Hall–Kier alpha value is -0.960. The van der Waals surface area contributed by atoms with E-state index >= 15 is 0 Å². The van der Waals surface area contributed by atoms with E-state index in [0.717, 1.165) is 17.9 Å². The molecule has 1 saturated heterocycles. The molecule has 2 rings (SSSR count). The largest absolute Gasteiger partial charge is 0.320 e. The summed E-state index contributed by atoms with van der Waals surface area (Å²) < 4.78 is 0. The number of nitrogens with zero attached hydrogens (tertiary/aromatic N) is 1. The smallest absolute Gasteiger partial charge is 0.165 e. The maximum absolute atomic E-state index is 7.80. The fraction of sp³-hybridized carbons (Fsp3) is 0.364. The second-order valence-corrected chi connectivity index (χ2v) is 4.92. The highest BCUT2D eigenvalue weighted by Gasteiger charge is 2.25. The number of nitrogens with one attached hydrogen (secondary N) is 1. The van der Waals surface area contributed by atoms with Gasteiger partial charge in [0.25, 0.3) is 0 Å². The van der Waals surface area contributed by atoms with Gasteiger partial charge in [0.15, 0.2) is 5.17 Å². The molecule has 1 unspecified atom stereocenters. The second-order valence-electron chi connectivity index (χ2n) is 3.76. The summed E-state index contributed by atoms with van der Waals surface area (Å²) in [7, 11) is 0. The topological polar surface area (TPSA) is 27.1 Å². The van der Waals surface area contributed by atoms with Gasteiger partial charge >= 0.3 is 0 Å². The summed E-state index contributed by atoms with van der Waals surface area (Å²) >= 11 is 1.47. The normalized spacial score (nSPS) is 27.1. The molecule has 0 amide bonds. The predicted molar refractivity (Wildman–Crippen MR) is 62.2 cm³/mol. The third-order valence-electron chi connectivity index (χ3n) is 2.43. The average molecular weight is 206 g/mol. The number of amidine groups is 1. The Morgan fingerprint density at radius 1 is 1.64 bits per heavy atom. The van der Waals surface area contributed by atoms with Crippen molar-refractivity contribution in [1.29, 1.82) is 5.41 Å². The Bertz CT molecular complexity index is 341. The molecule has 0 aromatic heterocycles. The first kappa shape index (κ1) is 9.59. The molecule has 1 heterocycles. The SMILES string of the molecule is C=C1CN(C2=CC=CC(C)C2)C(=N)S1. The summed E-state index contributed by atoms with van der Waals surface area (Å²) in [6, 6.07) is 0. The third kappa shape index (κ3) is 1.77. The van der Waals surface area contributed by atoms with Gasteiger partial charge in [-0.1, -0.05) is 37.4 Å². The molecular formula is C11H14N2S. The zero-order valence-electron chi connectivity index (χ0n) is 8.29. The minimum Gasteiger partial charge on any atom is -0.320 e. The first-order valence-corrected chi connectivity index (χ1v) is 5.57. The summed E-state index contributed by atoms with van der Waals surface area (Å²) in [4.78, 5) is 3.12. The van der Waals surface area contributed by atoms with Crippen molar-refractivity contribution in [3.63, 3.8) is 0 Å². The van der Waals surface area contributed by atoms with Crippen molar-refractivity contribution in [3.05, 3.63) is 35.4 Å². The van der Waals surface area contributed by atoms with Crippen LogP contribution in [-0.4, -0.2) is 16.6 Å². The van der Waals surface area contributed by atoms with Crippen molar-refractivity contribution in [1.82, 2.24) is 4.90 Å². The molecule has 74 valence electrons. The lowest BCUT2D eigenvalue weighted by atomic mass is 10.00. The lowest BCUT2D eigenvalue weighted by Gasteiger charge is -2.24. The minimum atomic E-state index is 0.585. The summed E-state index contributed by atoms with van der Waals surface area (Å²) in [5, 5.41) is 8.42. The van der Waals surface area contributed by atoms with Crippen molar-refractivity contribution in [2.45, 2.75) is 13.3 Å². The molecule has 3 heteroatoms. The van der Waals surface area contributed by atoms with Gasteiger partial charge in [-0.05, 0) is 18.4 Å². The van der Waals surface area contributed by atoms with E-state index in [4.69, 9.17) is 5.41 Å². The maximum atomic E-state index is 7.80. The zero-order valence-corrected chi connectivity index (χ0v) is 9.10. The average Bonchev–Trinajstić information content (AvgIpc) is 2.45. The molecule has 1 fully saturated rings. The van der Waals surface area contributed by atoms with Crippen LogP contribution in [0.1, 0.15) is 13.3 Å². The van der Waals surface area contributed by atoms with E-state index in [-0.39, 0.29) is 0 Å². The van der Waals surface area contributed by atoms with Crippen molar-refractivity contribution in [3.8, 4) is 0 Å². The van der Waals surface area contributed by atoms with Crippen LogP contribution < -0.4 is 0 Å². The van der Waals surface area contributed by atoms with E-state index < -0.39 is 0 Å². The zero-order chi connectivity index (χ0) is 10.1. The highest BCUT2D eigenvalue weighted by Crippen LogP contribution is 2.33. The minimum absolute atomic E-state index is 0.585. The number of allylic oxidation sites excluding steroid dienone is 4. The van der Waals surface area contributed by atoms with Gasteiger partial charge in [0.1, 0.15) is 0 Å². The molecule has 0 bridgehead atoms. The van der Waals surface area contributed by atoms with E-state index in [1.54, 1.807) is 0 Å². The number of hydrogen-bond donors (Lipinski definition) is 1. The van der Waals surface area contributed by atoms with E-state index in [1.165, 1.54) is 17.5 Å². The molecule has 1 N–H and O–H groups in total. The molecular weight excluding hydrogens is 192 g/mol. The lowest BCUT2D eigenvalue weighted by molar-refractivity contribution is 0.514. The summed E-state index contributed by atoms with van der Waals surface area (Å²) in [6.45, 7) is 6.90. The Kier molecular flexibility index (Phi) is 2.50. The van der Waals surface area contributed by atoms with Crippen molar-refractivity contribution < 1.29 is 0 Å². The van der Waals surface area contributed by atoms with Crippen molar-refractivity contribution in [2.75, 3.05) is 6.54 Å². The molecule has 2 aliphatic rings. The van der Waals surface area contributed by atoms with Crippen LogP contribution in [0.25, 0.3) is 0 Å². The highest BCUT2D eigenvalue weighted by atomic mass is 32.2. The molecule has 0 spiro atoms. The van der Waals surface area contributed by atoms with Crippen molar-refractivity contribution in [2.24, 2.45) is 5.92 Å². The molecule has 14 heavy (non-hydrogen) atoms. The van der Waals surface area contributed by atoms with Crippen LogP contribution in [0.15, 0.2) is 35.4 Å². The predicted octanol–water partition coefficient (Wildman–Crippen LogP) is 2.96. The molecule has 1 aliphatic carbocycles. The second kappa shape index (κ2) is 3.65. The van der Waals surface area contributed by atoms with Crippen molar-refractivity contribution >= 4 is 16.9 Å². The van der Waals surface area contributed by atoms with Crippen LogP contribution in [0.3, 0.4) is 0 Å². The maximum Gasteiger partial charge on any atom is 0.165 e. The van der Waals surface area contributed by atoms with E-state index in [1.807, 2.05) is 4.90 Å². The Balaban J connectivity index is 2.16. The van der Waals surface area contributed by atoms with Crippen LogP contribution in [-0.2, 0) is 0 Å². The summed E-state index contributed by atoms with van der Waals surface area (Å²) in [5.41, 5.74) is 1.25. The van der Waals surface area contributed by atoms with Gasteiger partial charge in [0.05, 0.1) is 6.54 Å². The van der Waals surface area contributed by atoms with Crippen LogP contribution in [0.4, 0.5) is 0 Å². The number of thioether (sulfide) groups is 1. The number of rotatable bonds is 1. The van der Waals surface area contributed by atoms with Crippen LogP contribution in [0.2, 0.25) is 0 Å². The first-order valence-electron chi connectivity index (χ1n) is 4.76. The van der Waals surface area contributed by atoms with E-state index in [0.29, 0.717) is 11.1 Å². The van der Waals surface area contributed by atoms with Gasteiger partial charge in [-0.15, -0.1) is 0 Å². The fourth-order valence-electron chi connectivity index (χ4n) is 1.73. The molecule has 0 aromatic carbocycles. The molecule has 1 atom stereocenters. The number of hydrogen-bond acceptors (Lipinski definition) is 2. The first-order chi connectivity index (χ1) is 6.66. The Labute approximate surface area is 88.9 Å².